The minimum atomic E-state index is -4.73. The predicted octanol–water partition coefficient (Wildman–Crippen LogP) is 6.26. The maximum atomic E-state index is 13.8. The van der Waals surface area contributed by atoms with Gasteiger partial charge in [0.1, 0.15) is 28.5 Å². The highest BCUT2D eigenvalue weighted by Gasteiger charge is 2.36. The molecule has 4 heterocycles. The SMILES string of the molecule is CCCCCNc1cc(C(F)(F)F)c(-c2cnc3c(Nc4ccc(C(F)(F)F)cn4)ccnc3n2)nn1. The van der Waals surface area contributed by atoms with Crippen LogP contribution in [0.2, 0.25) is 0 Å². The molecule has 4 aromatic heterocycles. The average molecular weight is 522 g/mol. The Morgan fingerprint density at radius 2 is 1.65 bits per heavy atom. The number of rotatable bonds is 8. The van der Waals surface area contributed by atoms with Crippen molar-refractivity contribution in [3.8, 4) is 11.4 Å². The van der Waals surface area contributed by atoms with Gasteiger partial charge in [-0.05, 0) is 30.7 Å². The Balaban J connectivity index is 1.64. The molecule has 0 radical (unpaired) electrons. The van der Waals surface area contributed by atoms with E-state index in [9.17, 15) is 26.3 Å². The summed E-state index contributed by atoms with van der Waals surface area (Å²) in [6, 6.07) is 4.36. The van der Waals surface area contributed by atoms with Gasteiger partial charge in [0.05, 0.1) is 23.0 Å². The second-order valence-corrected chi connectivity index (χ2v) is 7.96. The molecule has 0 aliphatic heterocycles. The predicted molar refractivity (Wildman–Crippen MR) is 124 cm³/mol. The monoisotopic (exact) mass is 522 g/mol. The van der Waals surface area contributed by atoms with Gasteiger partial charge in [-0.25, -0.2) is 19.9 Å². The zero-order valence-electron chi connectivity index (χ0n) is 19.3. The average Bonchev–Trinajstić information content (AvgIpc) is 2.86. The van der Waals surface area contributed by atoms with Crippen molar-refractivity contribution in [2.45, 2.75) is 38.5 Å². The molecule has 0 aliphatic rings. The lowest BCUT2D eigenvalue weighted by molar-refractivity contribution is -0.138. The van der Waals surface area contributed by atoms with E-state index in [0.717, 1.165) is 43.7 Å². The highest BCUT2D eigenvalue weighted by atomic mass is 19.4. The number of aromatic nitrogens is 6. The highest BCUT2D eigenvalue weighted by molar-refractivity contribution is 5.87. The molecule has 0 spiro atoms. The molecule has 4 rings (SSSR count). The van der Waals surface area contributed by atoms with Gasteiger partial charge in [0.25, 0.3) is 0 Å². The van der Waals surface area contributed by atoms with Gasteiger partial charge in [-0.2, -0.15) is 26.3 Å². The van der Waals surface area contributed by atoms with E-state index >= 15 is 0 Å². The molecule has 0 aromatic carbocycles. The molecule has 0 saturated carbocycles. The van der Waals surface area contributed by atoms with Crippen molar-refractivity contribution < 1.29 is 26.3 Å². The van der Waals surface area contributed by atoms with Crippen LogP contribution < -0.4 is 10.6 Å². The first kappa shape index (κ1) is 26.0. The van der Waals surface area contributed by atoms with E-state index in [0.29, 0.717) is 18.4 Å². The van der Waals surface area contributed by atoms with Gasteiger partial charge in [0.15, 0.2) is 5.65 Å². The van der Waals surface area contributed by atoms with Gasteiger partial charge in [0, 0.05) is 18.9 Å². The van der Waals surface area contributed by atoms with Crippen LogP contribution in [0.5, 0.6) is 0 Å². The summed E-state index contributed by atoms with van der Waals surface area (Å²) in [5.41, 5.74) is -2.18. The van der Waals surface area contributed by atoms with Crippen LogP contribution in [0.25, 0.3) is 22.6 Å². The molecule has 0 fully saturated rings. The van der Waals surface area contributed by atoms with Crippen LogP contribution >= 0.6 is 0 Å². The summed E-state index contributed by atoms with van der Waals surface area (Å²) >= 11 is 0. The van der Waals surface area contributed by atoms with Gasteiger partial charge in [0.2, 0.25) is 0 Å². The molecule has 0 unspecified atom stereocenters. The van der Waals surface area contributed by atoms with Crippen molar-refractivity contribution >= 4 is 28.5 Å². The number of hydrogen-bond acceptors (Lipinski definition) is 8. The third-order valence-corrected chi connectivity index (χ3v) is 5.23. The molecular weight excluding hydrogens is 502 g/mol. The molecule has 0 bridgehead atoms. The van der Waals surface area contributed by atoms with Gasteiger partial charge in [-0.3, -0.25) is 0 Å². The van der Waals surface area contributed by atoms with E-state index in [4.69, 9.17) is 0 Å². The zero-order valence-corrected chi connectivity index (χ0v) is 19.3. The molecule has 2 N–H and O–H groups in total. The second kappa shape index (κ2) is 10.5. The number of fused-ring (bicyclic) bond motifs is 1. The summed E-state index contributed by atoms with van der Waals surface area (Å²) in [6.45, 7) is 2.48. The van der Waals surface area contributed by atoms with Crippen molar-refractivity contribution in [3.05, 3.63) is 54.0 Å². The van der Waals surface area contributed by atoms with Crippen LogP contribution in [0.3, 0.4) is 0 Å². The minimum absolute atomic E-state index is 0.00502. The van der Waals surface area contributed by atoms with E-state index < -0.39 is 29.2 Å². The Bertz CT molecular complexity index is 1370. The number of nitrogens with zero attached hydrogens (tertiary/aromatic N) is 6. The number of alkyl halides is 6. The number of halogens is 6. The van der Waals surface area contributed by atoms with Crippen LogP contribution in [0, 0.1) is 0 Å². The Labute approximate surface area is 206 Å². The molecule has 0 amide bonds. The molecule has 194 valence electrons. The standard InChI is InChI=1S/C23H20F6N8/c1-2-3-4-8-30-18-10-14(23(27,28)29)19(37-36-18)16-12-33-20-15(7-9-31-21(20)35-16)34-17-6-5-13(11-32-17)22(24,25)26/h5-7,9-12H,2-4,8H2,1H3,(H,30,36)(H,31,32,34,35). The molecule has 8 nitrogen and oxygen atoms in total. The Morgan fingerprint density at radius 1 is 0.838 bits per heavy atom. The maximum Gasteiger partial charge on any atom is 0.418 e. The van der Waals surface area contributed by atoms with Crippen molar-refractivity contribution in [3.63, 3.8) is 0 Å². The molecule has 0 atom stereocenters. The van der Waals surface area contributed by atoms with Crippen LogP contribution in [0.15, 0.2) is 42.9 Å². The molecular formula is C23H20F6N8. The Kier molecular flexibility index (Phi) is 7.36. The van der Waals surface area contributed by atoms with Crippen LogP contribution in [0.4, 0.5) is 43.7 Å². The number of hydrogen-bond donors (Lipinski definition) is 2. The first-order valence-electron chi connectivity index (χ1n) is 11.2. The van der Waals surface area contributed by atoms with Crippen molar-refractivity contribution in [1.29, 1.82) is 0 Å². The molecule has 4 aromatic rings. The topological polar surface area (TPSA) is 101 Å². The van der Waals surface area contributed by atoms with Gasteiger partial charge in [-0.1, -0.05) is 19.8 Å². The van der Waals surface area contributed by atoms with E-state index in [1.54, 1.807) is 0 Å². The summed E-state index contributed by atoms with van der Waals surface area (Å²) in [7, 11) is 0. The lowest BCUT2D eigenvalue weighted by atomic mass is 10.1. The highest BCUT2D eigenvalue weighted by Crippen LogP contribution is 2.36. The molecule has 0 saturated heterocycles. The molecule has 37 heavy (non-hydrogen) atoms. The maximum absolute atomic E-state index is 13.8. The van der Waals surface area contributed by atoms with Gasteiger partial charge < -0.3 is 10.6 Å². The molecule has 0 aliphatic carbocycles. The van der Waals surface area contributed by atoms with E-state index in [-0.39, 0.29) is 28.5 Å². The van der Waals surface area contributed by atoms with Crippen molar-refractivity contribution in [1.82, 2.24) is 30.1 Å². The minimum Gasteiger partial charge on any atom is -0.369 e. The summed E-state index contributed by atoms with van der Waals surface area (Å²) in [5, 5.41) is 13.3. The van der Waals surface area contributed by atoms with Crippen LogP contribution in [-0.4, -0.2) is 36.7 Å². The summed E-state index contributed by atoms with van der Waals surface area (Å²) in [4.78, 5) is 16.2. The third kappa shape index (κ3) is 6.19. The number of anilines is 3. The van der Waals surface area contributed by atoms with Crippen LogP contribution in [-0.2, 0) is 12.4 Å². The largest absolute Gasteiger partial charge is 0.418 e. The zero-order chi connectivity index (χ0) is 26.6. The summed E-state index contributed by atoms with van der Waals surface area (Å²) < 4.78 is 79.8. The summed E-state index contributed by atoms with van der Waals surface area (Å²) in [5.74, 6) is 0.0909. The molecule has 14 heteroatoms. The lowest BCUT2D eigenvalue weighted by Gasteiger charge is -2.14. The lowest BCUT2D eigenvalue weighted by Crippen LogP contribution is -2.13. The first-order chi connectivity index (χ1) is 17.6. The smallest absolute Gasteiger partial charge is 0.369 e. The number of pyridine rings is 2. The van der Waals surface area contributed by atoms with Crippen molar-refractivity contribution in [2.24, 2.45) is 0 Å². The van der Waals surface area contributed by atoms with E-state index in [1.165, 1.54) is 12.3 Å². The van der Waals surface area contributed by atoms with Gasteiger partial charge >= 0.3 is 12.4 Å². The fourth-order valence-electron chi connectivity index (χ4n) is 3.38. The van der Waals surface area contributed by atoms with E-state index in [1.807, 2.05) is 6.92 Å². The Morgan fingerprint density at radius 3 is 2.32 bits per heavy atom. The number of nitrogens with one attached hydrogen (secondary N) is 2. The fraction of sp³-hybridized carbons (Fsp3) is 0.304. The summed E-state index contributed by atoms with van der Waals surface area (Å²) in [6.07, 6.45) is -3.49. The third-order valence-electron chi connectivity index (χ3n) is 5.23. The quantitative estimate of drug-likeness (QED) is 0.207. The van der Waals surface area contributed by atoms with Crippen molar-refractivity contribution in [2.75, 3.05) is 17.2 Å². The fourth-order valence-corrected chi connectivity index (χ4v) is 3.38. The Hall–Kier alpha value is -4.10. The second-order valence-electron chi connectivity index (χ2n) is 7.96. The van der Waals surface area contributed by atoms with Crippen LogP contribution in [0.1, 0.15) is 37.3 Å². The number of unbranched alkanes of at least 4 members (excludes halogenated alkanes) is 2. The first-order valence-corrected chi connectivity index (χ1v) is 11.2. The van der Waals surface area contributed by atoms with Gasteiger partial charge in [-0.15, -0.1) is 10.2 Å². The normalized spacial score (nSPS) is 12.1. The van der Waals surface area contributed by atoms with E-state index in [2.05, 4.69) is 40.8 Å².